The van der Waals surface area contributed by atoms with Crippen LogP contribution in [0.25, 0.3) is 17.0 Å². The second kappa shape index (κ2) is 9.13. The standard InChI is InChI=1S/C24H26N4O4/c1-5-13-28-15(2)20(21(25-24(28)29)16-9-7-6-8-10-16)23-26-22(27-32-23)17-11-12-18(30-3)19(14-17)31-4/h6-12,14,21H,5,13H2,1-4H3,(H,25,29). The number of amides is 2. The van der Waals surface area contributed by atoms with Crippen LogP contribution in [0.3, 0.4) is 0 Å². The van der Waals surface area contributed by atoms with Crippen LogP contribution in [0.1, 0.15) is 37.8 Å². The molecule has 0 fully saturated rings. The molecule has 1 aliphatic rings. The van der Waals surface area contributed by atoms with Crippen molar-refractivity contribution >= 4 is 11.6 Å². The summed E-state index contributed by atoms with van der Waals surface area (Å²) in [6.07, 6.45) is 0.828. The van der Waals surface area contributed by atoms with Gasteiger partial charge in [0.15, 0.2) is 11.5 Å². The molecule has 1 N–H and O–H groups in total. The van der Waals surface area contributed by atoms with E-state index in [1.165, 1.54) is 0 Å². The highest BCUT2D eigenvalue weighted by atomic mass is 16.5. The largest absolute Gasteiger partial charge is 0.493 e. The number of aromatic nitrogens is 2. The summed E-state index contributed by atoms with van der Waals surface area (Å²) in [4.78, 5) is 19.2. The number of nitrogens with one attached hydrogen (secondary N) is 1. The van der Waals surface area contributed by atoms with Crippen LogP contribution >= 0.6 is 0 Å². The molecule has 0 saturated carbocycles. The van der Waals surface area contributed by atoms with Gasteiger partial charge in [-0.3, -0.25) is 4.90 Å². The zero-order chi connectivity index (χ0) is 22.7. The molecular formula is C24H26N4O4. The van der Waals surface area contributed by atoms with Crippen LogP contribution in [-0.4, -0.2) is 41.8 Å². The van der Waals surface area contributed by atoms with Gasteiger partial charge in [0, 0.05) is 17.8 Å². The number of ether oxygens (including phenoxy) is 2. The molecule has 0 aliphatic carbocycles. The van der Waals surface area contributed by atoms with Crippen molar-refractivity contribution in [3.05, 3.63) is 65.7 Å². The first-order chi connectivity index (χ1) is 15.6. The molecule has 166 valence electrons. The number of carbonyl (C=O) groups is 1. The SMILES string of the molecule is CCCN1C(=O)NC(c2ccccc2)C(c2nc(-c3ccc(OC)c(OC)c3)no2)=C1C. The molecular weight excluding hydrogens is 408 g/mol. The quantitative estimate of drug-likeness (QED) is 0.582. The Kier molecular flexibility index (Phi) is 6.11. The number of benzene rings is 2. The molecule has 32 heavy (non-hydrogen) atoms. The van der Waals surface area contributed by atoms with Crippen molar-refractivity contribution in [1.29, 1.82) is 0 Å². The number of allylic oxidation sites excluding steroid dienone is 1. The number of rotatable bonds is 7. The average Bonchev–Trinajstić information content (AvgIpc) is 3.31. The van der Waals surface area contributed by atoms with E-state index in [2.05, 4.69) is 15.5 Å². The third-order valence-electron chi connectivity index (χ3n) is 5.47. The van der Waals surface area contributed by atoms with Crippen molar-refractivity contribution in [1.82, 2.24) is 20.4 Å². The van der Waals surface area contributed by atoms with Gasteiger partial charge in [0.2, 0.25) is 5.82 Å². The Morgan fingerprint density at radius 3 is 2.53 bits per heavy atom. The van der Waals surface area contributed by atoms with E-state index in [9.17, 15) is 4.79 Å². The fraction of sp³-hybridized carbons (Fsp3) is 0.292. The van der Waals surface area contributed by atoms with E-state index in [4.69, 9.17) is 14.0 Å². The molecule has 8 heteroatoms. The molecule has 8 nitrogen and oxygen atoms in total. The normalized spacial score (nSPS) is 16.2. The first-order valence-electron chi connectivity index (χ1n) is 10.5. The Hall–Kier alpha value is -3.81. The summed E-state index contributed by atoms with van der Waals surface area (Å²) in [7, 11) is 3.16. The topological polar surface area (TPSA) is 89.7 Å². The highest BCUT2D eigenvalue weighted by molar-refractivity contribution is 5.86. The van der Waals surface area contributed by atoms with Crippen molar-refractivity contribution in [3.8, 4) is 22.9 Å². The lowest BCUT2D eigenvalue weighted by atomic mass is 9.94. The number of urea groups is 1. The molecule has 2 heterocycles. The van der Waals surface area contributed by atoms with Gasteiger partial charge >= 0.3 is 6.03 Å². The first kappa shape index (κ1) is 21.4. The summed E-state index contributed by atoms with van der Waals surface area (Å²) in [6, 6.07) is 14.7. The second-order valence-corrected chi connectivity index (χ2v) is 7.44. The summed E-state index contributed by atoms with van der Waals surface area (Å²) in [6.45, 7) is 4.55. The predicted molar refractivity (Wildman–Crippen MR) is 120 cm³/mol. The van der Waals surface area contributed by atoms with Crippen molar-refractivity contribution in [2.45, 2.75) is 26.3 Å². The van der Waals surface area contributed by atoms with E-state index in [1.54, 1.807) is 31.3 Å². The maximum absolute atomic E-state index is 12.8. The minimum atomic E-state index is -0.393. The lowest BCUT2D eigenvalue weighted by Crippen LogP contribution is -2.46. The molecule has 2 aromatic carbocycles. The monoisotopic (exact) mass is 434 g/mol. The van der Waals surface area contributed by atoms with Crippen molar-refractivity contribution in [2.24, 2.45) is 0 Å². The minimum absolute atomic E-state index is 0.137. The molecule has 4 rings (SSSR count). The molecule has 1 unspecified atom stereocenters. The van der Waals surface area contributed by atoms with Gasteiger partial charge in [-0.2, -0.15) is 4.98 Å². The van der Waals surface area contributed by atoms with E-state index in [0.717, 1.165) is 28.8 Å². The summed E-state index contributed by atoms with van der Waals surface area (Å²) in [5, 5.41) is 7.29. The van der Waals surface area contributed by atoms with Crippen LogP contribution in [-0.2, 0) is 0 Å². The van der Waals surface area contributed by atoms with Crippen LogP contribution < -0.4 is 14.8 Å². The maximum atomic E-state index is 12.8. The van der Waals surface area contributed by atoms with Gasteiger partial charge < -0.3 is 19.3 Å². The van der Waals surface area contributed by atoms with Crippen LogP contribution in [0.5, 0.6) is 11.5 Å². The van der Waals surface area contributed by atoms with Crippen molar-refractivity contribution in [3.63, 3.8) is 0 Å². The van der Waals surface area contributed by atoms with E-state index in [1.807, 2.05) is 50.2 Å². The van der Waals surface area contributed by atoms with Gasteiger partial charge in [-0.05, 0) is 37.1 Å². The van der Waals surface area contributed by atoms with Crippen molar-refractivity contribution < 1.29 is 18.8 Å². The average molecular weight is 434 g/mol. The number of nitrogens with zero attached hydrogens (tertiary/aromatic N) is 3. The molecule has 1 aliphatic heterocycles. The van der Waals surface area contributed by atoms with E-state index >= 15 is 0 Å². The fourth-order valence-electron chi connectivity index (χ4n) is 3.87. The number of hydrogen-bond donors (Lipinski definition) is 1. The highest BCUT2D eigenvalue weighted by Gasteiger charge is 2.35. The lowest BCUT2D eigenvalue weighted by Gasteiger charge is -2.35. The Labute approximate surface area is 186 Å². The minimum Gasteiger partial charge on any atom is -0.493 e. The van der Waals surface area contributed by atoms with Gasteiger partial charge in [0.05, 0.1) is 25.8 Å². The van der Waals surface area contributed by atoms with Gasteiger partial charge in [-0.25, -0.2) is 4.79 Å². The summed E-state index contributed by atoms with van der Waals surface area (Å²) in [5.41, 5.74) is 3.25. The van der Waals surface area contributed by atoms with Crippen molar-refractivity contribution in [2.75, 3.05) is 20.8 Å². The number of hydrogen-bond acceptors (Lipinski definition) is 6. The molecule has 0 radical (unpaired) electrons. The molecule has 1 aromatic heterocycles. The van der Waals surface area contributed by atoms with Crippen LogP contribution in [0.15, 0.2) is 58.8 Å². The summed E-state index contributed by atoms with van der Waals surface area (Å²) in [5.74, 6) is 1.98. The van der Waals surface area contributed by atoms with E-state index in [0.29, 0.717) is 29.8 Å². The Morgan fingerprint density at radius 1 is 1.09 bits per heavy atom. The zero-order valence-corrected chi connectivity index (χ0v) is 18.6. The van der Waals surface area contributed by atoms with Crippen LogP contribution in [0.4, 0.5) is 4.79 Å². The number of methoxy groups -OCH3 is 2. The second-order valence-electron chi connectivity index (χ2n) is 7.44. The predicted octanol–water partition coefficient (Wildman–Crippen LogP) is 4.66. The summed E-state index contributed by atoms with van der Waals surface area (Å²) < 4.78 is 16.4. The van der Waals surface area contributed by atoms with Gasteiger partial charge in [0.25, 0.3) is 5.89 Å². The van der Waals surface area contributed by atoms with Gasteiger partial charge in [0.1, 0.15) is 0 Å². The molecule has 0 bridgehead atoms. The molecule has 1 atom stereocenters. The Morgan fingerprint density at radius 2 is 1.84 bits per heavy atom. The lowest BCUT2D eigenvalue weighted by molar-refractivity contribution is 0.205. The zero-order valence-electron chi connectivity index (χ0n) is 18.6. The van der Waals surface area contributed by atoms with E-state index in [-0.39, 0.29) is 6.03 Å². The molecule has 2 amide bonds. The van der Waals surface area contributed by atoms with Crippen LogP contribution in [0, 0.1) is 0 Å². The van der Waals surface area contributed by atoms with Gasteiger partial charge in [-0.15, -0.1) is 0 Å². The summed E-state index contributed by atoms with van der Waals surface area (Å²) >= 11 is 0. The first-order valence-corrected chi connectivity index (χ1v) is 10.5. The highest BCUT2D eigenvalue weighted by Crippen LogP contribution is 2.38. The van der Waals surface area contributed by atoms with E-state index < -0.39 is 6.04 Å². The Bertz CT molecular complexity index is 1140. The Balaban J connectivity index is 1.79. The molecule has 0 spiro atoms. The maximum Gasteiger partial charge on any atom is 0.322 e. The smallest absolute Gasteiger partial charge is 0.322 e. The molecule has 3 aromatic rings. The fourth-order valence-corrected chi connectivity index (χ4v) is 3.87. The third kappa shape index (κ3) is 3.91. The number of carbonyl (C=O) groups excluding carboxylic acids is 1. The third-order valence-corrected chi connectivity index (χ3v) is 5.47. The van der Waals surface area contributed by atoms with Gasteiger partial charge in [-0.1, -0.05) is 42.4 Å². The molecule has 0 saturated heterocycles. The van der Waals surface area contributed by atoms with Crippen LogP contribution in [0.2, 0.25) is 0 Å².